The van der Waals surface area contributed by atoms with Gasteiger partial charge in [0.05, 0.1) is 0 Å². The number of rotatable bonds is 7. The lowest BCUT2D eigenvalue weighted by molar-refractivity contribution is -0.120. The highest BCUT2D eigenvalue weighted by molar-refractivity contribution is 5.75. The van der Waals surface area contributed by atoms with Crippen LogP contribution in [-0.2, 0) is 17.6 Å². The average Bonchev–Trinajstić information content (AvgIpc) is 2.40. The normalized spacial score (nSPS) is 10.2. The summed E-state index contributed by atoms with van der Waals surface area (Å²) < 4.78 is 0. The van der Waals surface area contributed by atoms with Crippen LogP contribution in [0.2, 0.25) is 0 Å². The van der Waals surface area contributed by atoms with Crippen molar-refractivity contribution in [3.05, 3.63) is 23.4 Å². The van der Waals surface area contributed by atoms with Gasteiger partial charge in [-0.2, -0.15) is 0 Å². The monoisotopic (exact) mass is 249 g/mol. The highest BCUT2D eigenvalue weighted by Crippen LogP contribution is 2.15. The third-order valence-electron chi connectivity index (χ3n) is 2.82. The lowest BCUT2D eigenvalue weighted by Crippen LogP contribution is -2.24. The van der Waals surface area contributed by atoms with Crippen molar-refractivity contribution in [2.24, 2.45) is 0 Å². The third kappa shape index (κ3) is 4.35. The molecule has 100 valence electrons. The highest BCUT2D eigenvalue weighted by atomic mass is 16.1. The topological polar surface area (TPSA) is 54.0 Å². The fourth-order valence-electron chi connectivity index (χ4n) is 1.81. The molecule has 0 saturated carbocycles. The van der Waals surface area contributed by atoms with Gasteiger partial charge < -0.3 is 10.6 Å². The Morgan fingerprint density at radius 1 is 1.28 bits per heavy atom. The molecule has 1 aromatic heterocycles. The van der Waals surface area contributed by atoms with Crippen LogP contribution >= 0.6 is 0 Å². The van der Waals surface area contributed by atoms with Gasteiger partial charge in [0.2, 0.25) is 5.91 Å². The summed E-state index contributed by atoms with van der Waals surface area (Å²) in [6.45, 7) is 4.66. The Bertz CT molecular complexity index is 391. The largest absolute Gasteiger partial charge is 0.373 e. The Morgan fingerprint density at radius 3 is 2.67 bits per heavy atom. The van der Waals surface area contributed by atoms with Crippen LogP contribution in [0, 0.1) is 0 Å². The second-order valence-electron chi connectivity index (χ2n) is 4.26. The summed E-state index contributed by atoms with van der Waals surface area (Å²) in [6.07, 6.45) is 3.45. The predicted octanol–water partition coefficient (Wildman–Crippen LogP) is 2.14. The van der Waals surface area contributed by atoms with Crippen LogP contribution in [0.5, 0.6) is 0 Å². The van der Waals surface area contributed by atoms with E-state index in [9.17, 15) is 4.79 Å². The van der Waals surface area contributed by atoms with Crippen LogP contribution in [0.3, 0.4) is 0 Å². The first-order chi connectivity index (χ1) is 8.71. The van der Waals surface area contributed by atoms with Crippen molar-refractivity contribution in [2.75, 3.05) is 18.9 Å². The number of carbonyl (C=O) groups is 1. The summed E-state index contributed by atoms with van der Waals surface area (Å²) in [4.78, 5) is 15.7. The van der Waals surface area contributed by atoms with Crippen LogP contribution in [0.15, 0.2) is 12.1 Å². The van der Waals surface area contributed by atoms with E-state index in [1.54, 1.807) is 0 Å². The zero-order valence-corrected chi connectivity index (χ0v) is 11.5. The molecule has 0 spiro atoms. The van der Waals surface area contributed by atoms with Gasteiger partial charge in [-0.05, 0) is 18.1 Å². The number of aromatic nitrogens is 1. The number of amides is 1. The second kappa shape index (κ2) is 7.69. The maximum atomic E-state index is 11.1. The molecule has 1 aromatic rings. The first kappa shape index (κ1) is 14.5. The van der Waals surface area contributed by atoms with Gasteiger partial charge in [-0.15, -0.1) is 0 Å². The summed E-state index contributed by atoms with van der Waals surface area (Å²) in [5.41, 5.74) is 2.26. The smallest absolute Gasteiger partial charge is 0.219 e. The molecule has 0 atom stereocenters. The second-order valence-corrected chi connectivity index (χ2v) is 4.26. The van der Waals surface area contributed by atoms with E-state index in [1.807, 2.05) is 20.0 Å². The van der Waals surface area contributed by atoms with Gasteiger partial charge in [0.15, 0.2) is 0 Å². The first-order valence-corrected chi connectivity index (χ1v) is 6.64. The van der Waals surface area contributed by atoms with Crippen molar-refractivity contribution in [3.63, 3.8) is 0 Å². The molecule has 1 rings (SSSR count). The van der Waals surface area contributed by atoms with Crippen LogP contribution in [0.25, 0.3) is 0 Å². The fraction of sp³-hybridized carbons (Fsp3) is 0.571. The summed E-state index contributed by atoms with van der Waals surface area (Å²) in [7, 11) is 1.89. The quantitative estimate of drug-likeness (QED) is 0.778. The zero-order chi connectivity index (χ0) is 13.4. The summed E-state index contributed by atoms with van der Waals surface area (Å²) in [6, 6.07) is 4.17. The molecule has 0 aliphatic heterocycles. The van der Waals surface area contributed by atoms with Gasteiger partial charge in [0.1, 0.15) is 5.82 Å². The van der Waals surface area contributed by atoms with Crippen molar-refractivity contribution in [2.45, 2.75) is 39.5 Å². The number of carbonyl (C=O) groups excluding carboxylic acids is 1. The molecule has 0 aromatic carbocycles. The van der Waals surface area contributed by atoms with Crippen molar-refractivity contribution < 1.29 is 4.79 Å². The van der Waals surface area contributed by atoms with Crippen molar-refractivity contribution >= 4 is 11.7 Å². The lowest BCUT2D eigenvalue weighted by Gasteiger charge is -2.10. The highest BCUT2D eigenvalue weighted by Gasteiger charge is 2.04. The molecule has 4 heteroatoms. The molecule has 0 bridgehead atoms. The lowest BCUT2D eigenvalue weighted by atomic mass is 10.1. The number of aryl methyl sites for hydroxylation is 1. The molecule has 18 heavy (non-hydrogen) atoms. The molecule has 0 unspecified atom stereocenters. The van der Waals surface area contributed by atoms with E-state index in [0.717, 1.165) is 30.8 Å². The first-order valence-electron chi connectivity index (χ1n) is 6.64. The number of hydrogen-bond acceptors (Lipinski definition) is 3. The van der Waals surface area contributed by atoms with E-state index in [4.69, 9.17) is 0 Å². The Labute approximate surface area is 109 Å². The Hall–Kier alpha value is -1.58. The number of pyridine rings is 1. The van der Waals surface area contributed by atoms with Gasteiger partial charge in [0, 0.05) is 32.1 Å². The molecule has 2 N–H and O–H groups in total. The molecule has 0 aliphatic carbocycles. The van der Waals surface area contributed by atoms with Gasteiger partial charge in [-0.25, -0.2) is 4.98 Å². The molecule has 0 radical (unpaired) electrons. The zero-order valence-electron chi connectivity index (χ0n) is 11.5. The molecular formula is C14H23N3O. The van der Waals surface area contributed by atoms with Crippen LogP contribution in [0.4, 0.5) is 5.82 Å². The van der Waals surface area contributed by atoms with E-state index in [2.05, 4.69) is 28.6 Å². The van der Waals surface area contributed by atoms with Gasteiger partial charge in [0.25, 0.3) is 0 Å². The number of nitrogens with zero attached hydrogens (tertiary/aromatic N) is 1. The van der Waals surface area contributed by atoms with Gasteiger partial charge in [-0.1, -0.05) is 26.3 Å². The van der Waals surface area contributed by atoms with E-state index in [1.165, 1.54) is 5.56 Å². The Balaban J connectivity index is 2.59. The van der Waals surface area contributed by atoms with Crippen LogP contribution in [0.1, 0.15) is 37.9 Å². The number of nitrogens with one attached hydrogen (secondary N) is 2. The molecule has 1 heterocycles. The number of hydrogen-bond donors (Lipinski definition) is 2. The SMILES string of the molecule is CCCc1ccc(CCNC(=O)CC)nc1NC. The van der Waals surface area contributed by atoms with Crippen LogP contribution in [-0.4, -0.2) is 24.5 Å². The standard InChI is InChI=1S/C14H23N3O/c1-4-6-11-7-8-12(17-14(11)15-3)9-10-16-13(18)5-2/h7-8H,4-6,9-10H2,1-3H3,(H,15,17)(H,16,18). The molecule has 0 saturated heterocycles. The Morgan fingerprint density at radius 2 is 2.06 bits per heavy atom. The van der Waals surface area contributed by atoms with Gasteiger partial charge in [-0.3, -0.25) is 4.79 Å². The summed E-state index contributed by atoms with van der Waals surface area (Å²) in [5.74, 6) is 1.04. The van der Waals surface area contributed by atoms with Crippen molar-refractivity contribution in [1.82, 2.24) is 10.3 Å². The molecule has 1 amide bonds. The fourth-order valence-corrected chi connectivity index (χ4v) is 1.81. The maximum Gasteiger partial charge on any atom is 0.219 e. The average molecular weight is 249 g/mol. The van der Waals surface area contributed by atoms with Crippen molar-refractivity contribution in [1.29, 1.82) is 0 Å². The van der Waals surface area contributed by atoms with E-state index in [-0.39, 0.29) is 5.91 Å². The van der Waals surface area contributed by atoms with Gasteiger partial charge >= 0.3 is 0 Å². The predicted molar refractivity (Wildman–Crippen MR) is 74.8 cm³/mol. The van der Waals surface area contributed by atoms with Crippen molar-refractivity contribution in [3.8, 4) is 0 Å². The van der Waals surface area contributed by atoms with Crippen LogP contribution < -0.4 is 10.6 Å². The van der Waals surface area contributed by atoms with E-state index < -0.39 is 0 Å². The Kier molecular flexibility index (Phi) is 6.19. The minimum absolute atomic E-state index is 0.0893. The molecule has 4 nitrogen and oxygen atoms in total. The van der Waals surface area contributed by atoms with E-state index in [0.29, 0.717) is 13.0 Å². The minimum Gasteiger partial charge on any atom is -0.373 e. The number of anilines is 1. The van der Waals surface area contributed by atoms with E-state index >= 15 is 0 Å². The summed E-state index contributed by atoms with van der Waals surface area (Å²) >= 11 is 0. The molecule has 0 fully saturated rings. The minimum atomic E-state index is 0.0893. The molecular weight excluding hydrogens is 226 g/mol. The third-order valence-corrected chi connectivity index (χ3v) is 2.82. The summed E-state index contributed by atoms with van der Waals surface area (Å²) in [5, 5.41) is 5.99. The maximum absolute atomic E-state index is 11.1. The molecule has 0 aliphatic rings.